The van der Waals surface area contributed by atoms with E-state index in [1.165, 1.54) is 34.6 Å². The number of ketones is 3. The fraction of sp³-hybridized carbons (Fsp3) is 0.788. The van der Waals surface area contributed by atoms with E-state index in [-0.39, 0.29) is 57.1 Å². The van der Waals surface area contributed by atoms with Gasteiger partial charge in [-0.1, -0.05) is 41.5 Å². The standard InChI is InChI=1S/C52H68O18/c1-21(53)64-30-15-27-19-50(38(30)49(12)35(68-25(5)57)18-33(66-23(3)55)47(9,10)40(49)36(60)42(50)62)43-29(27)13-14-52(70-43)28-16-31(65-22(2)54)39-48(11)34(67-24(4)56)17-32(59)46(7,8)41(48)37(61)44(69-26(6)58)51(39,20-28)45(52)63/h27-28,30-35,38-42,44,59,62H,13-20H2,1-12H3/t27-,28-,30+,31+,32+,33+,34+,35+,38+,39+,40-,41-,42+,44+,48+,49+,50-,51-,52+/m1/s1. The number of aliphatic hydroxyl groups is 2. The third kappa shape index (κ3) is 6.37. The minimum Gasteiger partial charge on any atom is -0.483 e. The van der Waals surface area contributed by atoms with Crippen LogP contribution >= 0.6 is 0 Å². The number of rotatable bonds is 6. The first kappa shape index (κ1) is 50.2. The molecular formula is C52H68O18. The van der Waals surface area contributed by atoms with Gasteiger partial charge in [-0.25, -0.2) is 0 Å². The van der Waals surface area contributed by atoms with Crippen LogP contribution in [0.5, 0.6) is 0 Å². The number of allylic oxidation sites excluding steroid dienone is 1. The van der Waals surface area contributed by atoms with Crippen molar-refractivity contribution in [2.24, 2.45) is 68.0 Å². The van der Waals surface area contributed by atoms with Crippen LogP contribution in [0.1, 0.15) is 134 Å². The van der Waals surface area contributed by atoms with Crippen molar-refractivity contribution in [3.05, 3.63) is 11.3 Å². The van der Waals surface area contributed by atoms with Crippen LogP contribution in [0.3, 0.4) is 0 Å². The molecule has 8 aliphatic carbocycles. The number of carbonyl (C=O) groups excluding carboxylic acids is 9. The Bertz CT molecular complexity index is 2420. The van der Waals surface area contributed by atoms with E-state index in [0.717, 1.165) is 12.5 Å². The van der Waals surface area contributed by atoms with Gasteiger partial charge in [0.2, 0.25) is 0 Å². The molecule has 0 aromatic rings. The van der Waals surface area contributed by atoms with Crippen LogP contribution in [0.25, 0.3) is 0 Å². The Balaban J connectivity index is 1.25. The number of carbonyl (C=O) groups is 9. The van der Waals surface area contributed by atoms with Gasteiger partial charge in [0, 0.05) is 106 Å². The van der Waals surface area contributed by atoms with E-state index < -0.39 is 176 Å². The summed E-state index contributed by atoms with van der Waals surface area (Å²) in [6, 6.07) is 0. The van der Waals surface area contributed by atoms with Crippen LogP contribution < -0.4 is 0 Å². The molecule has 0 aromatic heterocycles. The van der Waals surface area contributed by atoms with E-state index in [9.17, 15) is 39.0 Å². The van der Waals surface area contributed by atoms with Crippen molar-refractivity contribution in [3.63, 3.8) is 0 Å². The van der Waals surface area contributed by atoms with Gasteiger partial charge < -0.3 is 43.4 Å². The van der Waals surface area contributed by atoms with Gasteiger partial charge in [0.1, 0.15) is 42.4 Å². The lowest BCUT2D eigenvalue weighted by Crippen LogP contribution is -2.76. The lowest BCUT2D eigenvalue weighted by atomic mass is 9.38. The highest BCUT2D eigenvalue weighted by Crippen LogP contribution is 2.78. The molecule has 1 aliphatic heterocycles. The van der Waals surface area contributed by atoms with Gasteiger partial charge in [-0.3, -0.25) is 43.2 Å². The Hall–Kier alpha value is -4.71. The molecule has 70 heavy (non-hydrogen) atoms. The molecule has 7 saturated carbocycles. The Morgan fingerprint density at radius 3 is 1.59 bits per heavy atom. The molecule has 0 radical (unpaired) electrons. The fourth-order valence-corrected chi connectivity index (χ4v) is 18.0. The third-order valence-electron chi connectivity index (χ3n) is 19.7. The smallest absolute Gasteiger partial charge is 0.303 e. The zero-order valence-corrected chi connectivity index (χ0v) is 42.2. The maximum Gasteiger partial charge on any atom is 0.303 e. The molecule has 0 aromatic carbocycles. The monoisotopic (exact) mass is 980 g/mol. The quantitative estimate of drug-likeness (QED) is 0.282. The summed E-state index contributed by atoms with van der Waals surface area (Å²) in [4.78, 5) is 126. The first-order valence-electron chi connectivity index (χ1n) is 24.8. The van der Waals surface area contributed by atoms with E-state index in [1.54, 1.807) is 41.5 Å². The number of hydrogen-bond acceptors (Lipinski definition) is 18. The van der Waals surface area contributed by atoms with E-state index in [4.69, 9.17) is 33.2 Å². The molecule has 9 aliphatic rings. The topological polar surface area (TPSA) is 259 Å². The zero-order chi connectivity index (χ0) is 51.5. The Labute approximate surface area is 406 Å². The van der Waals surface area contributed by atoms with Crippen molar-refractivity contribution in [2.75, 3.05) is 0 Å². The van der Waals surface area contributed by atoms with E-state index >= 15 is 14.4 Å². The van der Waals surface area contributed by atoms with Crippen LogP contribution in [-0.4, -0.2) is 118 Å². The third-order valence-corrected chi connectivity index (χ3v) is 19.7. The molecule has 2 N–H and O–H groups in total. The Kier molecular flexibility index (Phi) is 11.4. The van der Waals surface area contributed by atoms with Crippen molar-refractivity contribution in [2.45, 2.75) is 189 Å². The molecule has 0 saturated heterocycles. The molecule has 7 fully saturated rings. The first-order chi connectivity index (χ1) is 32.4. The summed E-state index contributed by atoms with van der Waals surface area (Å²) in [7, 11) is 0. The first-order valence-corrected chi connectivity index (χ1v) is 24.8. The van der Waals surface area contributed by atoms with Crippen LogP contribution in [0.15, 0.2) is 11.3 Å². The van der Waals surface area contributed by atoms with Gasteiger partial charge in [-0.2, -0.15) is 0 Å². The summed E-state index contributed by atoms with van der Waals surface area (Å²) in [5.74, 6) is -11.6. The lowest BCUT2D eigenvalue weighted by molar-refractivity contribution is -0.269. The van der Waals surface area contributed by atoms with Crippen LogP contribution in [0.4, 0.5) is 0 Å². The summed E-state index contributed by atoms with van der Waals surface area (Å²) in [5, 5.41) is 24.8. The largest absolute Gasteiger partial charge is 0.483 e. The summed E-state index contributed by atoms with van der Waals surface area (Å²) in [6.45, 7) is 17.7. The molecule has 18 nitrogen and oxygen atoms in total. The zero-order valence-electron chi connectivity index (χ0n) is 42.2. The molecule has 9 rings (SSSR count). The second-order valence-corrected chi connectivity index (χ2v) is 24.0. The Morgan fingerprint density at radius 1 is 0.557 bits per heavy atom. The highest BCUT2D eigenvalue weighted by atomic mass is 16.6. The van der Waals surface area contributed by atoms with Gasteiger partial charge in [-0.15, -0.1) is 0 Å². The van der Waals surface area contributed by atoms with E-state index in [1.807, 2.05) is 0 Å². The molecule has 18 heteroatoms. The van der Waals surface area contributed by atoms with Crippen molar-refractivity contribution >= 4 is 53.2 Å². The number of fused-ring (bicyclic) bond motifs is 8. The molecular weight excluding hydrogens is 913 g/mol. The highest BCUT2D eigenvalue weighted by molar-refractivity contribution is 6.05. The normalized spacial score (nSPS) is 46.7. The van der Waals surface area contributed by atoms with Gasteiger partial charge in [0.15, 0.2) is 29.1 Å². The summed E-state index contributed by atoms with van der Waals surface area (Å²) in [6.07, 6.45) is -9.72. The van der Waals surface area contributed by atoms with Crippen LogP contribution in [0.2, 0.25) is 0 Å². The maximum atomic E-state index is 16.6. The summed E-state index contributed by atoms with van der Waals surface area (Å²) in [5.41, 5.74) is -10.1. The molecule has 384 valence electrons. The molecule has 3 spiro atoms. The molecule has 1 heterocycles. The fourth-order valence-electron chi connectivity index (χ4n) is 18.0. The number of Topliss-reactive ketones (excluding diaryl/α,β-unsaturated/α-hetero) is 3. The number of esters is 6. The minimum absolute atomic E-state index is 0.0108. The maximum absolute atomic E-state index is 16.6. The second-order valence-electron chi connectivity index (χ2n) is 24.0. The SMILES string of the molecule is CC(=O)O[C@H]1C[C@@H]2C[C@@]3(C4=C2CC[C@@]2(O4)C(=O)[C@]45C[C@H]2C[C@H](OC(C)=O)[C@H]4[C@]2(C)[C@@H](OC(C)=O)C[C@H](O)C(C)(C)[C@H]2C(=O)[C@@H]5OC(C)=O)[C@@H]1[C@]1(C)[C@@H](OC(C)=O)C[C@H](OC(C)=O)C(C)(C)[C@H]1C(=O)[C@@H]3O. The lowest BCUT2D eigenvalue weighted by Gasteiger charge is -2.67. The van der Waals surface area contributed by atoms with Crippen molar-refractivity contribution in [1.29, 1.82) is 0 Å². The predicted molar refractivity (Wildman–Crippen MR) is 238 cm³/mol. The van der Waals surface area contributed by atoms with Crippen LogP contribution in [-0.2, 0) is 76.3 Å². The van der Waals surface area contributed by atoms with Gasteiger partial charge in [-0.05, 0) is 50.0 Å². The summed E-state index contributed by atoms with van der Waals surface area (Å²) >= 11 is 0. The van der Waals surface area contributed by atoms with Crippen LogP contribution in [0, 0.1) is 68.0 Å². The van der Waals surface area contributed by atoms with Gasteiger partial charge in [0.25, 0.3) is 0 Å². The van der Waals surface area contributed by atoms with E-state index in [2.05, 4.69) is 0 Å². The summed E-state index contributed by atoms with van der Waals surface area (Å²) < 4.78 is 44.0. The highest BCUT2D eigenvalue weighted by Gasteiger charge is 2.85. The molecule has 4 bridgehead atoms. The van der Waals surface area contributed by atoms with Gasteiger partial charge >= 0.3 is 35.8 Å². The Morgan fingerprint density at radius 2 is 1.04 bits per heavy atom. The molecule has 0 amide bonds. The number of aliphatic hydroxyl groups excluding tert-OH is 2. The van der Waals surface area contributed by atoms with Gasteiger partial charge in [0.05, 0.1) is 16.9 Å². The predicted octanol–water partition coefficient (Wildman–Crippen LogP) is 3.99. The average Bonchev–Trinajstić information content (AvgIpc) is 3.56. The number of ether oxygens (including phenoxy) is 7. The second kappa shape index (κ2) is 15.9. The molecule has 0 unspecified atom stereocenters. The van der Waals surface area contributed by atoms with E-state index in [0.29, 0.717) is 0 Å². The molecule has 19 atom stereocenters. The van der Waals surface area contributed by atoms with Crippen molar-refractivity contribution in [3.8, 4) is 0 Å². The van der Waals surface area contributed by atoms with Crippen molar-refractivity contribution < 1.29 is 86.5 Å². The van der Waals surface area contributed by atoms with Crippen molar-refractivity contribution in [1.82, 2.24) is 0 Å². The number of hydrogen-bond donors (Lipinski definition) is 2. The average molecular weight is 981 g/mol. The minimum atomic E-state index is -1.95.